The molecule has 2 aromatic heterocycles. The number of hydrogen-bond acceptors (Lipinski definition) is 3. The van der Waals surface area contributed by atoms with Crippen molar-refractivity contribution in [1.29, 1.82) is 0 Å². The van der Waals surface area contributed by atoms with Gasteiger partial charge in [-0.05, 0) is 85.0 Å². The molecule has 34 heavy (non-hydrogen) atoms. The van der Waals surface area contributed by atoms with Gasteiger partial charge in [-0.2, -0.15) is 0 Å². The summed E-state index contributed by atoms with van der Waals surface area (Å²) in [5.74, 6) is -0.412. The van der Waals surface area contributed by atoms with E-state index in [2.05, 4.69) is 20.5 Å². The molecule has 2 N–H and O–H groups in total. The van der Waals surface area contributed by atoms with Crippen molar-refractivity contribution in [2.45, 2.75) is 19.0 Å². The van der Waals surface area contributed by atoms with E-state index in [1.54, 1.807) is 18.3 Å². The van der Waals surface area contributed by atoms with Crippen LogP contribution >= 0.6 is 12.2 Å². The van der Waals surface area contributed by atoms with E-state index in [0.29, 0.717) is 10.8 Å². The van der Waals surface area contributed by atoms with Gasteiger partial charge in [0.1, 0.15) is 11.9 Å². The molecule has 1 amide bonds. The largest absolute Gasteiger partial charge is 0.351 e. The fourth-order valence-electron chi connectivity index (χ4n) is 4.31. The Kier molecular flexibility index (Phi) is 5.81. The number of carbonyl (C=O) groups excluding carboxylic acids is 1. The fourth-order valence-corrected chi connectivity index (χ4v) is 4.66. The van der Waals surface area contributed by atoms with Gasteiger partial charge in [-0.25, -0.2) is 4.39 Å². The van der Waals surface area contributed by atoms with Crippen LogP contribution in [0.1, 0.15) is 30.4 Å². The van der Waals surface area contributed by atoms with Crippen molar-refractivity contribution in [2.75, 3.05) is 10.2 Å². The molecule has 2 atom stereocenters. The predicted molar refractivity (Wildman–Crippen MR) is 134 cm³/mol. The Balaban J connectivity index is 1.61. The van der Waals surface area contributed by atoms with Gasteiger partial charge in [0.05, 0.1) is 11.7 Å². The average Bonchev–Trinajstić information content (AvgIpc) is 3.45. The molecule has 1 aliphatic heterocycles. The Labute approximate surface area is 202 Å². The van der Waals surface area contributed by atoms with Crippen molar-refractivity contribution in [3.8, 4) is 5.69 Å². The number of pyridine rings is 1. The molecule has 8 heteroatoms. The van der Waals surface area contributed by atoms with Crippen LogP contribution in [0, 0.1) is 5.82 Å². The van der Waals surface area contributed by atoms with Crippen molar-refractivity contribution in [2.24, 2.45) is 0 Å². The summed E-state index contributed by atoms with van der Waals surface area (Å²) in [6.07, 6.45) is 3.72. The molecule has 0 saturated carbocycles. The molecule has 4 aromatic rings. The minimum Gasteiger partial charge on any atom is -0.351 e. The van der Waals surface area contributed by atoms with Crippen LogP contribution in [0.15, 0.2) is 91.3 Å². The highest BCUT2D eigenvalue weighted by atomic mass is 32.1. The third kappa shape index (κ3) is 4.15. The van der Waals surface area contributed by atoms with E-state index < -0.39 is 0 Å². The predicted octanol–water partition coefficient (Wildman–Crippen LogP) is 5.15. The second-order valence-corrected chi connectivity index (χ2v) is 8.39. The molecule has 2 aromatic carbocycles. The van der Waals surface area contributed by atoms with Crippen LogP contribution in [0.25, 0.3) is 5.69 Å². The second-order valence-electron chi connectivity index (χ2n) is 8.00. The molecular formula is C26H22FN5OS. The Hall–Kier alpha value is -4.04. The van der Waals surface area contributed by atoms with Gasteiger partial charge in [0.2, 0.25) is 5.91 Å². The lowest BCUT2D eigenvalue weighted by atomic mass is 10.0. The first-order valence-corrected chi connectivity index (χ1v) is 11.2. The van der Waals surface area contributed by atoms with Crippen LogP contribution in [0.4, 0.5) is 15.8 Å². The van der Waals surface area contributed by atoms with Gasteiger partial charge in [0.15, 0.2) is 5.11 Å². The number of halogens is 1. The molecule has 0 radical (unpaired) electrons. The Morgan fingerprint density at radius 1 is 1.00 bits per heavy atom. The Morgan fingerprint density at radius 2 is 1.74 bits per heavy atom. The monoisotopic (exact) mass is 471 g/mol. The van der Waals surface area contributed by atoms with Crippen LogP contribution in [-0.4, -0.2) is 20.6 Å². The van der Waals surface area contributed by atoms with Gasteiger partial charge in [-0.3, -0.25) is 9.78 Å². The van der Waals surface area contributed by atoms with Gasteiger partial charge in [-0.1, -0.05) is 6.07 Å². The maximum Gasteiger partial charge on any atom is 0.221 e. The molecule has 1 aliphatic rings. The zero-order valence-corrected chi connectivity index (χ0v) is 19.2. The van der Waals surface area contributed by atoms with Gasteiger partial charge >= 0.3 is 0 Å². The molecule has 6 nitrogen and oxygen atoms in total. The molecule has 5 rings (SSSR count). The van der Waals surface area contributed by atoms with E-state index in [4.69, 9.17) is 12.2 Å². The van der Waals surface area contributed by atoms with E-state index in [1.165, 1.54) is 19.1 Å². The number of thiocarbonyl (C=S) groups is 1. The highest BCUT2D eigenvalue weighted by molar-refractivity contribution is 7.80. The van der Waals surface area contributed by atoms with E-state index >= 15 is 0 Å². The van der Waals surface area contributed by atoms with Crippen LogP contribution in [0.2, 0.25) is 0 Å². The Bertz CT molecular complexity index is 1320. The highest BCUT2D eigenvalue weighted by Crippen LogP contribution is 2.42. The number of nitrogens with one attached hydrogen (secondary N) is 2. The van der Waals surface area contributed by atoms with E-state index in [-0.39, 0.29) is 23.8 Å². The summed E-state index contributed by atoms with van der Waals surface area (Å²) < 4.78 is 15.6. The van der Waals surface area contributed by atoms with Crippen LogP contribution in [0.5, 0.6) is 0 Å². The number of anilines is 2. The first kappa shape index (κ1) is 21.8. The number of rotatable bonds is 5. The summed E-state index contributed by atoms with van der Waals surface area (Å²) in [6, 6.07) is 23.3. The van der Waals surface area contributed by atoms with Crippen LogP contribution in [0.3, 0.4) is 0 Å². The van der Waals surface area contributed by atoms with Crippen molar-refractivity contribution in [3.05, 3.63) is 108 Å². The number of carbonyl (C=O) groups is 1. The average molecular weight is 472 g/mol. The number of benzene rings is 2. The van der Waals surface area contributed by atoms with Crippen molar-refractivity contribution >= 4 is 34.6 Å². The van der Waals surface area contributed by atoms with Crippen molar-refractivity contribution in [1.82, 2.24) is 14.9 Å². The fraction of sp³-hybridized carbons (Fsp3) is 0.115. The Morgan fingerprint density at radius 3 is 2.41 bits per heavy atom. The zero-order valence-electron chi connectivity index (χ0n) is 18.4. The standard InChI is InChI=1S/C26H22FN5OS/c1-17(33)29-19-9-13-21(14-10-19)32-25(24(30-26(32)34)22-5-2-3-15-28-22)23-6-4-16-31(23)20-11-7-18(27)8-12-20/h2-16,24-25H,1H3,(H,29,33)(H,30,34)/t24-,25+/m0/s1. The third-order valence-electron chi connectivity index (χ3n) is 5.75. The molecule has 0 aliphatic carbocycles. The smallest absolute Gasteiger partial charge is 0.221 e. The van der Waals surface area contributed by atoms with Gasteiger partial charge < -0.3 is 20.1 Å². The molecule has 1 saturated heterocycles. The van der Waals surface area contributed by atoms with Gasteiger partial charge in [-0.15, -0.1) is 0 Å². The number of aromatic nitrogens is 2. The molecular weight excluding hydrogens is 449 g/mol. The first-order valence-electron chi connectivity index (χ1n) is 10.8. The quantitative estimate of drug-likeness (QED) is 0.395. The molecule has 0 bridgehead atoms. The number of nitrogens with zero attached hydrogens (tertiary/aromatic N) is 3. The summed E-state index contributed by atoms with van der Waals surface area (Å²) >= 11 is 5.79. The molecule has 0 spiro atoms. The van der Waals surface area contributed by atoms with Crippen molar-refractivity contribution < 1.29 is 9.18 Å². The second kappa shape index (κ2) is 9.07. The summed E-state index contributed by atoms with van der Waals surface area (Å²) in [6.45, 7) is 1.48. The van der Waals surface area contributed by atoms with Crippen LogP contribution in [-0.2, 0) is 4.79 Å². The van der Waals surface area contributed by atoms with E-state index in [0.717, 1.165) is 22.8 Å². The van der Waals surface area contributed by atoms with E-state index in [9.17, 15) is 9.18 Å². The molecule has 0 unspecified atom stereocenters. The lowest BCUT2D eigenvalue weighted by Crippen LogP contribution is -2.30. The maximum absolute atomic E-state index is 13.6. The van der Waals surface area contributed by atoms with E-state index in [1.807, 2.05) is 65.4 Å². The number of hydrogen-bond donors (Lipinski definition) is 2. The lowest BCUT2D eigenvalue weighted by Gasteiger charge is -2.29. The first-order chi connectivity index (χ1) is 16.5. The summed E-state index contributed by atoms with van der Waals surface area (Å²) in [5.41, 5.74) is 4.27. The zero-order chi connectivity index (χ0) is 23.7. The molecule has 3 heterocycles. The summed E-state index contributed by atoms with van der Waals surface area (Å²) in [7, 11) is 0. The topological polar surface area (TPSA) is 62.2 Å². The summed E-state index contributed by atoms with van der Waals surface area (Å²) in [5, 5.41) is 6.80. The van der Waals surface area contributed by atoms with Crippen molar-refractivity contribution in [3.63, 3.8) is 0 Å². The lowest BCUT2D eigenvalue weighted by molar-refractivity contribution is -0.114. The molecule has 1 fully saturated rings. The third-order valence-corrected chi connectivity index (χ3v) is 6.07. The van der Waals surface area contributed by atoms with Crippen LogP contribution < -0.4 is 15.5 Å². The maximum atomic E-state index is 13.6. The molecule has 170 valence electrons. The summed E-state index contributed by atoms with van der Waals surface area (Å²) in [4.78, 5) is 18.1. The normalized spacial score (nSPS) is 17.5. The highest BCUT2D eigenvalue weighted by Gasteiger charge is 2.42. The minimum absolute atomic E-state index is 0.128. The van der Waals surface area contributed by atoms with Gasteiger partial charge in [0.25, 0.3) is 0 Å². The van der Waals surface area contributed by atoms with Gasteiger partial charge in [0, 0.05) is 42.1 Å². The SMILES string of the molecule is CC(=O)Nc1ccc(N2C(=S)N[C@@H](c3ccccn3)[C@H]2c2cccn2-c2ccc(F)cc2)cc1. The minimum atomic E-state index is -0.284. The number of amides is 1.